The van der Waals surface area contributed by atoms with Gasteiger partial charge in [-0.2, -0.15) is 0 Å². The Bertz CT molecular complexity index is 662. The largest absolute Gasteiger partial charge is 0.462 e. The summed E-state index contributed by atoms with van der Waals surface area (Å²) in [5, 5.41) is 15.2. The lowest BCUT2D eigenvalue weighted by atomic mass is 10.5. The zero-order valence-electron chi connectivity index (χ0n) is 10.5. The Morgan fingerprint density at radius 3 is 3.20 bits per heavy atom. The number of furan rings is 1. The zero-order chi connectivity index (χ0) is 13.8. The SMILES string of the molecule is NCCn1nnnc1SCc1csc(-c2ccco2)n1. The molecule has 0 atom stereocenters. The highest BCUT2D eigenvalue weighted by atomic mass is 32.2. The van der Waals surface area contributed by atoms with Crippen LogP contribution in [0.5, 0.6) is 0 Å². The highest BCUT2D eigenvalue weighted by Gasteiger charge is 2.10. The third-order valence-corrected chi connectivity index (χ3v) is 4.37. The van der Waals surface area contributed by atoms with Crippen molar-refractivity contribution >= 4 is 23.1 Å². The van der Waals surface area contributed by atoms with E-state index in [1.807, 2.05) is 17.5 Å². The van der Waals surface area contributed by atoms with Crippen LogP contribution in [0, 0.1) is 0 Å². The molecule has 3 rings (SSSR count). The first kappa shape index (κ1) is 13.3. The van der Waals surface area contributed by atoms with E-state index < -0.39 is 0 Å². The van der Waals surface area contributed by atoms with Gasteiger partial charge in [-0.3, -0.25) is 0 Å². The number of thiazole rings is 1. The fourth-order valence-electron chi connectivity index (χ4n) is 1.59. The van der Waals surface area contributed by atoms with Crippen LogP contribution < -0.4 is 5.73 Å². The van der Waals surface area contributed by atoms with E-state index in [1.54, 1.807) is 34.0 Å². The number of nitrogens with zero attached hydrogens (tertiary/aromatic N) is 5. The van der Waals surface area contributed by atoms with E-state index in [2.05, 4.69) is 20.5 Å². The van der Waals surface area contributed by atoms with Crippen LogP contribution in [0.2, 0.25) is 0 Å². The van der Waals surface area contributed by atoms with Gasteiger partial charge >= 0.3 is 0 Å². The number of tetrazole rings is 1. The van der Waals surface area contributed by atoms with Crippen LogP contribution in [0.3, 0.4) is 0 Å². The highest BCUT2D eigenvalue weighted by Crippen LogP contribution is 2.27. The fraction of sp³-hybridized carbons (Fsp3) is 0.273. The highest BCUT2D eigenvalue weighted by molar-refractivity contribution is 7.98. The van der Waals surface area contributed by atoms with E-state index in [0.29, 0.717) is 18.8 Å². The van der Waals surface area contributed by atoms with Gasteiger partial charge in [-0.1, -0.05) is 11.8 Å². The molecule has 3 aromatic heterocycles. The first-order valence-corrected chi connectivity index (χ1v) is 7.80. The maximum atomic E-state index is 5.51. The molecule has 0 bridgehead atoms. The smallest absolute Gasteiger partial charge is 0.209 e. The molecule has 0 amide bonds. The molecule has 0 aliphatic rings. The molecule has 0 saturated carbocycles. The van der Waals surface area contributed by atoms with E-state index in [4.69, 9.17) is 10.2 Å². The van der Waals surface area contributed by atoms with Crippen molar-refractivity contribution in [2.75, 3.05) is 6.54 Å². The predicted octanol–water partition coefficient (Wildman–Crippen LogP) is 1.64. The van der Waals surface area contributed by atoms with Gasteiger partial charge in [-0.05, 0) is 22.6 Å². The second-order valence-corrected chi connectivity index (χ2v) is 5.68. The molecular formula is C11H12N6OS2. The minimum Gasteiger partial charge on any atom is -0.462 e. The third-order valence-electron chi connectivity index (χ3n) is 2.47. The molecule has 7 nitrogen and oxygen atoms in total. The molecule has 0 aliphatic carbocycles. The molecule has 0 saturated heterocycles. The standard InChI is InChI=1S/C11H12N6OS2/c12-3-4-17-11(14-15-16-17)20-7-8-6-19-10(13-8)9-2-1-5-18-9/h1-2,5-6H,3-4,7,12H2. The minimum atomic E-state index is 0.512. The van der Waals surface area contributed by atoms with Gasteiger partial charge in [0.1, 0.15) is 0 Å². The van der Waals surface area contributed by atoms with Crippen LogP contribution in [0.25, 0.3) is 10.8 Å². The van der Waals surface area contributed by atoms with Crippen LogP contribution in [0.15, 0.2) is 33.3 Å². The topological polar surface area (TPSA) is 95.7 Å². The number of hydrogen-bond donors (Lipinski definition) is 1. The molecule has 3 heterocycles. The van der Waals surface area contributed by atoms with E-state index in [0.717, 1.165) is 21.6 Å². The maximum Gasteiger partial charge on any atom is 0.209 e. The van der Waals surface area contributed by atoms with Crippen LogP contribution in [-0.4, -0.2) is 31.7 Å². The molecule has 0 aliphatic heterocycles. The van der Waals surface area contributed by atoms with Crippen molar-refractivity contribution in [1.82, 2.24) is 25.2 Å². The average Bonchev–Trinajstić information content (AvgIpc) is 3.18. The minimum absolute atomic E-state index is 0.512. The van der Waals surface area contributed by atoms with Crippen LogP contribution in [-0.2, 0) is 12.3 Å². The van der Waals surface area contributed by atoms with Gasteiger partial charge in [-0.15, -0.1) is 16.4 Å². The van der Waals surface area contributed by atoms with Gasteiger partial charge < -0.3 is 10.2 Å². The Balaban J connectivity index is 1.65. The summed E-state index contributed by atoms with van der Waals surface area (Å²) in [7, 11) is 0. The molecule has 0 radical (unpaired) electrons. The molecule has 3 aromatic rings. The number of hydrogen-bond acceptors (Lipinski definition) is 8. The summed E-state index contributed by atoms with van der Waals surface area (Å²) in [4.78, 5) is 4.53. The number of thioether (sulfide) groups is 1. The molecule has 0 aromatic carbocycles. The Morgan fingerprint density at radius 2 is 2.40 bits per heavy atom. The second-order valence-electron chi connectivity index (χ2n) is 3.88. The van der Waals surface area contributed by atoms with Crippen molar-refractivity contribution in [3.63, 3.8) is 0 Å². The summed E-state index contributed by atoms with van der Waals surface area (Å²) in [6, 6.07) is 3.75. The summed E-state index contributed by atoms with van der Waals surface area (Å²) in [6.45, 7) is 1.13. The summed E-state index contributed by atoms with van der Waals surface area (Å²) in [6.07, 6.45) is 1.64. The maximum absolute atomic E-state index is 5.51. The van der Waals surface area contributed by atoms with Crippen molar-refractivity contribution in [3.05, 3.63) is 29.5 Å². The van der Waals surface area contributed by atoms with Crippen molar-refractivity contribution in [3.8, 4) is 10.8 Å². The van der Waals surface area contributed by atoms with Crippen LogP contribution in [0.1, 0.15) is 5.69 Å². The first-order valence-electron chi connectivity index (χ1n) is 5.94. The molecular weight excluding hydrogens is 296 g/mol. The van der Waals surface area contributed by atoms with Gasteiger partial charge in [0.25, 0.3) is 0 Å². The zero-order valence-corrected chi connectivity index (χ0v) is 12.1. The molecule has 0 spiro atoms. The van der Waals surface area contributed by atoms with E-state index in [9.17, 15) is 0 Å². The molecule has 104 valence electrons. The third kappa shape index (κ3) is 2.89. The van der Waals surface area contributed by atoms with Crippen molar-refractivity contribution in [1.29, 1.82) is 0 Å². The lowest BCUT2D eigenvalue weighted by Gasteiger charge is -2.00. The van der Waals surface area contributed by atoms with Gasteiger partial charge in [0, 0.05) is 17.7 Å². The summed E-state index contributed by atoms with van der Waals surface area (Å²) in [5.74, 6) is 1.50. The van der Waals surface area contributed by atoms with E-state index in [1.165, 1.54) is 0 Å². The molecule has 2 N–H and O–H groups in total. The number of rotatable bonds is 6. The molecule has 0 unspecified atom stereocenters. The quantitative estimate of drug-likeness (QED) is 0.691. The van der Waals surface area contributed by atoms with E-state index >= 15 is 0 Å². The van der Waals surface area contributed by atoms with Gasteiger partial charge in [0.2, 0.25) is 5.16 Å². The first-order chi connectivity index (χ1) is 9.86. The second kappa shape index (κ2) is 6.16. The van der Waals surface area contributed by atoms with Gasteiger partial charge in [-0.25, -0.2) is 9.67 Å². The number of aromatic nitrogens is 5. The molecule has 20 heavy (non-hydrogen) atoms. The normalized spacial score (nSPS) is 11.1. The Kier molecular flexibility index (Phi) is 4.09. The summed E-state index contributed by atoms with van der Waals surface area (Å²) >= 11 is 3.10. The van der Waals surface area contributed by atoms with Crippen LogP contribution in [0.4, 0.5) is 0 Å². The fourth-order valence-corrected chi connectivity index (χ4v) is 3.28. The Hall–Kier alpha value is -1.71. The molecule has 0 fully saturated rings. The van der Waals surface area contributed by atoms with Crippen LogP contribution >= 0.6 is 23.1 Å². The van der Waals surface area contributed by atoms with Crippen molar-refractivity contribution < 1.29 is 4.42 Å². The number of nitrogens with two attached hydrogens (primary N) is 1. The van der Waals surface area contributed by atoms with Gasteiger partial charge in [0.15, 0.2) is 10.8 Å². The van der Waals surface area contributed by atoms with Crippen molar-refractivity contribution in [2.24, 2.45) is 5.73 Å². The summed E-state index contributed by atoms with van der Waals surface area (Å²) in [5.41, 5.74) is 6.49. The predicted molar refractivity (Wildman–Crippen MR) is 76.2 cm³/mol. The monoisotopic (exact) mass is 308 g/mol. The lowest BCUT2D eigenvalue weighted by Crippen LogP contribution is -2.12. The Labute approximate surface area is 123 Å². The average molecular weight is 308 g/mol. The Morgan fingerprint density at radius 1 is 1.45 bits per heavy atom. The van der Waals surface area contributed by atoms with E-state index in [-0.39, 0.29) is 0 Å². The molecule has 9 heteroatoms. The lowest BCUT2D eigenvalue weighted by molar-refractivity contribution is 0.557. The van der Waals surface area contributed by atoms with Gasteiger partial charge in [0.05, 0.1) is 18.5 Å². The summed E-state index contributed by atoms with van der Waals surface area (Å²) < 4.78 is 7.02. The van der Waals surface area contributed by atoms with Crippen molar-refractivity contribution in [2.45, 2.75) is 17.5 Å².